The topological polar surface area (TPSA) is 55.6 Å². The smallest absolute Gasteiger partial charge is 0.253 e. The molecule has 4 heteroatoms. The van der Waals surface area contributed by atoms with Gasteiger partial charge in [-0.2, -0.15) is 0 Å². The molecule has 2 atom stereocenters. The van der Waals surface area contributed by atoms with E-state index in [4.69, 9.17) is 10.5 Å². The molecule has 0 radical (unpaired) electrons. The summed E-state index contributed by atoms with van der Waals surface area (Å²) >= 11 is 0. The second kappa shape index (κ2) is 6.86. The summed E-state index contributed by atoms with van der Waals surface area (Å²) in [5, 5.41) is 0. The van der Waals surface area contributed by atoms with Crippen molar-refractivity contribution >= 4 is 5.91 Å². The van der Waals surface area contributed by atoms with Crippen LogP contribution in [-0.2, 0) is 11.2 Å². The van der Waals surface area contributed by atoms with Gasteiger partial charge in [0.1, 0.15) is 0 Å². The number of likely N-dealkylation sites (tertiary alicyclic amines) is 1. The number of carbonyl (C=O) groups is 1. The Kier molecular flexibility index (Phi) is 5.15. The number of hydrogen-bond acceptors (Lipinski definition) is 3. The van der Waals surface area contributed by atoms with E-state index in [2.05, 4.69) is 6.92 Å². The highest BCUT2D eigenvalue weighted by molar-refractivity contribution is 5.94. The second-order valence-electron chi connectivity index (χ2n) is 5.53. The molecule has 2 rings (SSSR count). The molecule has 1 aromatic rings. The molecular formula is C16H24N2O2. The average Bonchev–Trinajstić information content (AvgIpc) is 2.48. The molecule has 1 heterocycles. The van der Waals surface area contributed by atoms with E-state index in [0.717, 1.165) is 30.5 Å². The third kappa shape index (κ3) is 3.38. The molecule has 110 valence electrons. The number of nitrogens with two attached hydrogens (primary N) is 1. The van der Waals surface area contributed by atoms with Crippen LogP contribution in [0.25, 0.3) is 0 Å². The summed E-state index contributed by atoms with van der Waals surface area (Å²) in [5.41, 5.74) is 7.44. The van der Waals surface area contributed by atoms with Gasteiger partial charge in [0.15, 0.2) is 0 Å². The molecule has 0 saturated carbocycles. The molecule has 1 fully saturated rings. The molecule has 2 unspecified atom stereocenters. The predicted molar refractivity (Wildman–Crippen MR) is 79.7 cm³/mol. The molecular weight excluding hydrogens is 252 g/mol. The second-order valence-corrected chi connectivity index (χ2v) is 5.53. The van der Waals surface area contributed by atoms with Crippen molar-refractivity contribution in [3.63, 3.8) is 0 Å². The Balaban J connectivity index is 2.09. The summed E-state index contributed by atoms with van der Waals surface area (Å²) in [4.78, 5) is 14.5. The molecule has 20 heavy (non-hydrogen) atoms. The lowest BCUT2D eigenvalue weighted by molar-refractivity contribution is -0.00156. The maximum atomic E-state index is 12.6. The maximum Gasteiger partial charge on any atom is 0.253 e. The van der Waals surface area contributed by atoms with Gasteiger partial charge in [-0.05, 0) is 43.0 Å². The maximum absolute atomic E-state index is 12.6. The number of amides is 1. The largest absolute Gasteiger partial charge is 0.379 e. The lowest BCUT2D eigenvalue weighted by atomic mass is 9.95. The first-order valence-corrected chi connectivity index (χ1v) is 7.26. The highest BCUT2D eigenvalue weighted by Gasteiger charge is 2.29. The van der Waals surface area contributed by atoms with Crippen molar-refractivity contribution in [3.05, 3.63) is 35.4 Å². The molecule has 0 spiro atoms. The zero-order valence-electron chi connectivity index (χ0n) is 12.3. The first-order chi connectivity index (χ1) is 9.65. The Hall–Kier alpha value is -1.39. The first-order valence-electron chi connectivity index (χ1n) is 7.26. The number of hydrogen-bond donors (Lipinski definition) is 1. The van der Waals surface area contributed by atoms with Crippen LogP contribution in [0.1, 0.15) is 29.3 Å². The lowest BCUT2D eigenvalue weighted by Gasteiger charge is -2.36. The van der Waals surface area contributed by atoms with Crippen LogP contribution in [0.2, 0.25) is 0 Å². The standard InChI is InChI=1S/C16H24N2O2/c1-12-7-9-18(11-15(12)20-2)16(19)14-5-3-4-13(10-14)6-8-17/h3-5,10,12,15H,6-9,11,17H2,1-2H3. The van der Waals surface area contributed by atoms with E-state index >= 15 is 0 Å². The van der Waals surface area contributed by atoms with Crippen molar-refractivity contribution in [2.24, 2.45) is 11.7 Å². The SMILES string of the molecule is COC1CN(C(=O)c2cccc(CCN)c2)CCC1C. The van der Waals surface area contributed by atoms with Crippen molar-refractivity contribution in [1.82, 2.24) is 4.90 Å². The summed E-state index contributed by atoms with van der Waals surface area (Å²) in [7, 11) is 1.72. The minimum atomic E-state index is 0.0952. The molecule has 0 bridgehead atoms. The quantitative estimate of drug-likeness (QED) is 0.910. The number of carbonyl (C=O) groups excluding carboxylic acids is 1. The van der Waals surface area contributed by atoms with E-state index < -0.39 is 0 Å². The summed E-state index contributed by atoms with van der Waals surface area (Å²) in [6, 6.07) is 7.77. The van der Waals surface area contributed by atoms with E-state index in [9.17, 15) is 4.79 Å². The monoisotopic (exact) mass is 276 g/mol. The van der Waals surface area contributed by atoms with E-state index in [-0.39, 0.29) is 12.0 Å². The Morgan fingerprint density at radius 3 is 3.00 bits per heavy atom. The average molecular weight is 276 g/mol. The Morgan fingerprint density at radius 2 is 2.30 bits per heavy atom. The molecule has 1 saturated heterocycles. The fourth-order valence-corrected chi connectivity index (χ4v) is 2.73. The highest BCUT2D eigenvalue weighted by atomic mass is 16.5. The minimum absolute atomic E-state index is 0.0952. The zero-order valence-corrected chi connectivity index (χ0v) is 12.3. The van der Waals surface area contributed by atoms with Gasteiger partial charge in [0, 0.05) is 25.8 Å². The summed E-state index contributed by atoms with van der Waals surface area (Å²) in [6.07, 6.45) is 1.94. The minimum Gasteiger partial charge on any atom is -0.379 e. The number of benzene rings is 1. The number of piperidine rings is 1. The fraction of sp³-hybridized carbons (Fsp3) is 0.562. The molecule has 1 aliphatic heterocycles. The summed E-state index contributed by atoms with van der Waals surface area (Å²) < 4.78 is 5.47. The van der Waals surface area contributed by atoms with Gasteiger partial charge in [-0.15, -0.1) is 0 Å². The van der Waals surface area contributed by atoms with Crippen LogP contribution < -0.4 is 5.73 Å². The van der Waals surface area contributed by atoms with Gasteiger partial charge in [-0.25, -0.2) is 0 Å². The molecule has 0 aromatic heterocycles. The van der Waals surface area contributed by atoms with Crippen LogP contribution in [0.5, 0.6) is 0 Å². The molecule has 2 N–H and O–H groups in total. The van der Waals surface area contributed by atoms with Crippen molar-refractivity contribution in [2.75, 3.05) is 26.7 Å². The summed E-state index contributed by atoms with van der Waals surface area (Å²) in [6.45, 7) is 4.26. The van der Waals surface area contributed by atoms with Gasteiger partial charge in [-0.1, -0.05) is 19.1 Å². The number of methoxy groups -OCH3 is 1. The third-order valence-corrected chi connectivity index (χ3v) is 4.09. The van der Waals surface area contributed by atoms with Crippen LogP contribution in [-0.4, -0.2) is 43.7 Å². The van der Waals surface area contributed by atoms with Crippen LogP contribution in [0.3, 0.4) is 0 Å². The highest BCUT2D eigenvalue weighted by Crippen LogP contribution is 2.21. The molecule has 1 aliphatic rings. The van der Waals surface area contributed by atoms with Gasteiger partial charge < -0.3 is 15.4 Å². The van der Waals surface area contributed by atoms with Gasteiger partial charge in [0.2, 0.25) is 0 Å². The predicted octanol–water partition coefficient (Wildman–Crippen LogP) is 1.68. The Morgan fingerprint density at radius 1 is 1.50 bits per heavy atom. The number of ether oxygens (including phenoxy) is 1. The van der Waals surface area contributed by atoms with Crippen molar-refractivity contribution < 1.29 is 9.53 Å². The van der Waals surface area contributed by atoms with Crippen molar-refractivity contribution in [2.45, 2.75) is 25.9 Å². The van der Waals surface area contributed by atoms with Gasteiger partial charge in [0.25, 0.3) is 5.91 Å². The first kappa shape index (κ1) is 15.0. The van der Waals surface area contributed by atoms with Crippen LogP contribution in [0.15, 0.2) is 24.3 Å². The Bertz CT molecular complexity index is 462. The number of nitrogens with zero attached hydrogens (tertiary/aromatic N) is 1. The van der Waals surface area contributed by atoms with Gasteiger partial charge in [0.05, 0.1) is 6.10 Å². The molecule has 0 aliphatic carbocycles. The van der Waals surface area contributed by atoms with Crippen LogP contribution >= 0.6 is 0 Å². The Labute approximate surface area is 120 Å². The van der Waals surface area contributed by atoms with Crippen LogP contribution in [0, 0.1) is 5.92 Å². The third-order valence-electron chi connectivity index (χ3n) is 4.09. The molecule has 1 aromatic carbocycles. The van der Waals surface area contributed by atoms with Gasteiger partial charge in [-0.3, -0.25) is 4.79 Å². The number of rotatable bonds is 4. The zero-order chi connectivity index (χ0) is 14.5. The van der Waals surface area contributed by atoms with Crippen molar-refractivity contribution in [1.29, 1.82) is 0 Å². The van der Waals surface area contributed by atoms with Crippen LogP contribution in [0.4, 0.5) is 0 Å². The van der Waals surface area contributed by atoms with Gasteiger partial charge >= 0.3 is 0 Å². The van der Waals surface area contributed by atoms with Crippen molar-refractivity contribution in [3.8, 4) is 0 Å². The van der Waals surface area contributed by atoms with E-state index in [1.54, 1.807) is 7.11 Å². The van der Waals surface area contributed by atoms with E-state index in [1.807, 2.05) is 29.2 Å². The lowest BCUT2D eigenvalue weighted by Crippen LogP contribution is -2.46. The fourth-order valence-electron chi connectivity index (χ4n) is 2.73. The van der Waals surface area contributed by atoms with E-state index in [0.29, 0.717) is 19.0 Å². The molecule has 4 nitrogen and oxygen atoms in total. The van der Waals surface area contributed by atoms with E-state index in [1.165, 1.54) is 0 Å². The summed E-state index contributed by atoms with van der Waals surface area (Å²) in [5.74, 6) is 0.602. The molecule has 1 amide bonds. The normalized spacial score (nSPS) is 22.9.